The standard InChI is InChI=1S/C11H24N2O/c1-4-5-6-7-8-11(14)13-9-10(2)12-3/h10,12H,4-9H2,1-3H3,(H,13,14). The van der Waals surface area contributed by atoms with E-state index in [4.69, 9.17) is 0 Å². The average molecular weight is 200 g/mol. The highest BCUT2D eigenvalue weighted by Gasteiger charge is 2.02. The summed E-state index contributed by atoms with van der Waals surface area (Å²) in [6, 6.07) is 0.356. The Morgan fingerprint density at radius 3 is 2.57 bits per heavy atom. The Bertz CT molecular complexity index is 148. The molecule has 2 N–H and O–H groups in total. The van der Waals surface area contributed by atoms with E-state index in [0.717, 1.165) is 13.0 Å². The van der Waals surface area contributed by atoms with E-state index in [0.29, 0.717) is 12.5 Å². The number of carbonyl (C=O) groups is 1. The molecule has 3 heteroatoms. The molecule has 1 atom stereocenters. The average Bonchev–Trinajstić information content (AvgIpc) is 2.21. The quantitative estimate of drug-likeness (QED) is 0.585. The van der Waals surface area contributed by atoms with Gasteiger partial charge in [-0.2, -0.15) is 0 Å². The number of rotatable bonds is 8. The summed E-state index contributed by atoms with van der Waals surface area (Å²) in [7, 11) is 1.90. The van der Waals surface area contributed by atoms with Gasteiger partial charge in [0.2, 0.25) is 5.91 Å². The SMILES string of the molecule is CCCCCCC(=O)NCC(C)NC. The van der Waals surface area contributed by atoms with Crippen molar-refractivity contribution in [3.05, 3.63) is 0 Å². The summed E-state index contributed by atoms with van der Waals surface area (Å²) in [5.74, 6) is 0.184. The van der Waals surface area contributed by atoms with E-state index in [1.165, 1.54) is 19.3 Å². The molecule has 0 aliphatic rings. The van der Waals surface area contributed by atoms with Gasteiger partial charge in [0.05, 0.1) is 0 Å². The van der Waals surface area contributed by atoms with Crippen LogP contribution in [0.25, 0.3) is 0 Å². The van der Waals surface area contributed by atoms with Crippen LogP contribution in [0.5, 0.6) is 0 Å². The zero-order chi connectivity index (χ0) is 10.8. The zero-order valence-corrected chi connectivity index (χ0v) is 9.73. The maximum Gasteiger partial charge on any atom is 0.220 e. The predicted molar refractivity (Wildman–Crippen MR) is 60.3 cm³/mol. The van der Waals surface area contributed by atoms with Crippen LogP contribution in [0.4, 0.5) is 0 Å². The van der Waals surface area contributed by atoms with Crippen LogP contribution in [-0.2, 0) is 4.79 Å². The molecule has 0 spiro atoms. The van der Waals surface area contributed by atoms with Crippen molar-refractivity contribution in [3.8, 4) is 0 Å². The third-order valence-corrected chi connectivity index (χ3v) is 2.36. The Kier molecular flexibility index (Phi) is 8.64. The normalized spacial score (nSPS) is 12.5. The van der Waals surface area contributed by atoms with Crippen LogP contribution in [0.15, 0.2) is 0 Å². The van der Waals surface area contributed by atoms with Gasteiger partial charge in [-0.05, 0) is 20.4 Å². The summed E-state index contributed by atoms with van der Waals surface area (Å²) in [4.78, 5) is 11.3. The van der Waals surface area contributed by atoms with Gasteiger partial charge in [-0.1, -0.05) is 26.2 Å². The second-order valence-corrected chi connectivity index (χ2v) is 3.80. The molecule has 1 unspecified atom stereocenters. The van der Waals surface area contributed by atoms with Gasteiger partial charge in [0, 0.05) is 19.0 Å². The molecule has 0 aromatic heterocycles. The first kappa shape index (κ1) is 13.4. The zero-order valence-electron chi connectivity index (χ0n) is 9.73. The molecular weight excluding hydrogens is 176 g/mol. The monoisotopic (exact) mass is 200 g/mol. The first-order valence-corrected chi connectivity index (χ1v) is 5.64. The van der Waals surface area contributed by atoms with Crippen LogP contribution in [0.2, 0.25) is 0 Å². The molecule has 3 nitrogen and oxygen atoms in total. The van der Waals surface area contributed by atoms with Gasteiger partial charge in [0.25, 0.3) is 0 Å². The molecular formula is C11H24N2O. The summed E-state index contributed by atoms with van der Waals surface area (Å²) < 4.78 is 0. The maximum atomic E-state index is 11.3. The molecule has 0 saturated heterocycles. The third-order valence-electron chi connectivity index (χ3n) is 2.36. The Morgan fingerprint density at radius 1 is 1.29 bits per heavy atom. The lowest BCUT2D eigenvalue weighted by atomic mass is 10.1. The molecule has 0 rings (SSSR count). The highest BCUT2D eigenvalue weighted by molar-refractivity contribution is 5.75. The summed E-state index contributed by atoms with van der Waals surface area (Å²) in [5, 5.41) is 5.99. The Hall–Kier alpha value is -0.570. The van der Waals surface area contributed by atoms with Crippen LogP contribution in [0.3, 0.4) is 0 Å². The van der Waals surface area contributed by atoms with Crippen molar-refractivity contribution in [3.63, 3.8) is 0 Å². The summed E-state index contributed by atoms with van der Waals surface area (Å²) in [6.45, 7) is 4.95. The number of nitrogens with one attached hydrogen (secondary N) is 2. The fraction of sp³-hybridized carbons (Fsp3) is 0.909. The lowest BCUT2D eigenvalue weighted by Crippen LogP contribution is -2.37. The van der Waals surface area contributed by atoms with Crippen LogP contribution >= 0.6 is 0 Å². The van der Waals surface area contributed by atoms with E-state index in [1.807, 2.05) is 7.05 Å². The van der Waals surface area contributed by atoms with E-state index < -0.39 is 0 Å². The fourth-order valence-electron chi connectivity index (χ4n) is 1.17. The van der Waals surface area contributed by atoms with Gasteiger partial charge < -0.3 is 10.6 Å². The van der Waals surface area contributed by atoms with Gasteiger partial charge in [-0.3, -0.25) is 4.79 Å². The lowest BCUT2D eigenvalue weighted by Gasteiger charge is -2.11. The van der Waals surface area contributed by atoms with Crippen LogP contribution < -0.4 is 10.6 Å². The van der Waals surface area contributed by atoms with Gasteiger partial charge >= 0.3 is 0 Å². The van der Waals surface area contributed by atoms with Crippen molar-refractivity contribution >= 4 is 5.91 Å². The number of hydrogen-bond acceptors (Lipinski definition) is 2. The first-order chi connectivity index (χ1) is 6.70. The van der Waals surface area contributed by atoms with Gasteiger partial charge in [0.1, 0.15) is 0 Å². The second kappa shape index (κ2) is 9.00. The van der Waals surface area contributed by atoms with E-state index in [1.54, 1.807) is 0 Å². The molecule has 0 aromatic rings. The molecule has 0 fully saturated rings. The van der Waals surface area contributed by atoms with Gasteiger partial charge in [0.15, 0.2) is 0 Å². The molecule has 0 heterocycles. The molecule has 0 bridgehead atoms. The van der Waals surface area contributed by atoms with E-state index in [-0.39, 0.29) is 5.91 Å². The number of amides is 1. The van der Waals surface area contributed by atoms with Crippen molar-refractivity contribution in [2.24, 2.45) is 0 Å². The number of likely N-dealkylation sites (N-methyl/N-ethyl adjacent to an activating group) is 1. The number of unbranched alkanes of at least 4 members (excludes halogenated alkanes) is 3. The van der Waals surface area contributed by atoms with E-state index in [9.17, 15) is 4.79 Å². The van der Waals surface area contributed by atoms with Crippen molar-refractivity contribution < 1.29 is 4.79 Å². The molecule has 84 valence electrons. The molecule has 1 amide bonds. The molecule has 0 aliphatic heterocycles. The summed E-state index contributed by atoms with van der Waals surface area (Å²) in [6.07, 6.45) is 5.33. The van der Waals surface area contributed by atoms with Crippen molar-refractivity contribution in [1.82, 2.24) is 10.6 Å². The largest absolute Gasteiger partial charge is 0.355 e. The minimum absolute atomic E-state index is 0.184. The second-order valence-electron chi connectivity index (χ2n) is 3.80. The molecule has 14 heavy (non-hydrogen) atoms. The highest BCUT2D eigenvalue weighted by Crippen LogP contribution is 2.01. The lowest BCUT2D eigenvalue weighted by molar-refractivity contribution is -0.121. The Morgan fingerprint density at radius 2 is 2.00 bits per heavy atom. The Balaban J connectivity index is 3.28. The molecule has 0 aromatic carbocycles. The minimum atomic E-state index is 0.184. The fourth-order valence-corrected chi connectivity index (χ4v) is 1.17. The van der Waals surface area contributed by atoms with Crippen molar-refractivity contribution in [2.75, 3.05) is 13.6 Å². The van der Waals surface area contributed by atoms with Gasteiger partial charge in [-0.25, -0.2) is 0 Å². The van der Waals surface area contributed by atoms with Crippen molar-refractivity contribution in [1.29, 1.82) is 0 Å². The maximum absolute atomic E-state index is 11.3. The first-order valence-electron chi connectivity index (χ1n) is 5.64. The van der Waals surface area contributed by atoms with Crippen LogP contribution in [-0.4, -0.2) is 25.5 Å². The topological polar surface area (TPSA) is 41.1 Å². The number of hydrogen-bond donors (Lipinski definition) is 2. The smallest absolute Gasteiger partial charge is 0.220 e. The molecule has 0 radical (unpaired) electrons. The minimum Gasteiger partial charge on any atom is -0.355 e. The number of carbonyl (C=O) groups excluding carboxylic acids is 1. The van der Waals surface area contributed by atoms with E-state index in [2.05, 4.69) is 24.5 Å². The highest BCUT2D eigenvalue weighted by atomic mass is 16.1. The summed E-state index contributed by atoms with van der Waals surface area (Å²) in [5.41, 5.74) is 0. The predicted octanol–water partition coefficient (Wildman–Crippen LogP) is 1.68. The van der Waals surface area contributed by atoms with Gasteiger partial charge in [-0.15, -0.1) is 0 Å². The van der Waals surface area contributed by atoms with E-state index >= 15 is 0 Å². The Labute approximate surface area is 87.6 Å². The third kappa shape index (κ3) is 8.05. The van der Waals surface area contributed by atoms with Crippen LogP contribution in [0, 0.1) is 0 Å². The summed E-state index contributed by atoms with van der Waals surface area (Å²) >= 11 is 0. The molecule has 0 saturated carbocycles. The van der Waals surface area contributed by atoms with Crippen molar-refractivity contribution in [2.45, 2.75) is 52.0 Å². The molecule has 0 aliphatic carbocycles. The van der Waals surface area contributed by atoms with Crippen LogP contribution in [0.1, 0.15) is 46.0 Å².